The summed E-state index contributed by atoms with van der Waals surface area (Å²) in [7, 11) is 1.21. The van der Waals surface area contributed by atoms with Gasteiger partial charge in [-0.2, -0.15) is 0 Å². The first-order valence-electron chi connectivity index (χ1n) is 10.1. The minimum absolute atomic E-state index is 0.0109. The maximum absolute atomic E-state index is 13.1. The molecule has 33 heavy (non-hydrogen) atoms. The van der Waals surface area contributed by atoms with Crippen molar-refractivity contribution in [3.05, 3.63) is 98.9 Å². The van der Waals surface area contributed by atoms with E-state index in [1.807, 2.05) is 36.4 Å². The first-order valence-corrected chi connectivity index (χ1v) is 10.1. The molecule has 0 spiro atoms. The number of rotatable bonds is 7. The van der Waals surface area contributed by atoms with Crippen LogP contribution in [-0.4, -0.2) is 35.6 Å². The fourth-order valence-corrected chi connectivity index (χ4v) is 3.46. The fourth-order valence-electron chi connectivity index (χ4n) is 3.46. The number of benzene rings is 2. The number of carbonyl (C=O) groups excluding carboxylic acids is 2. The third-order valence-electron chi connectivity index (χ3n) is 4.92. The molecule has 168 valence electrons. The van der Waals surface area contributed by atoms with Gasteiger partial charge in [-0.25, -0.2) is 9.59 Å². The van der Waals surface area contributed by atoms with Gasteiger partial charge in [-0.1, -0.05) is 48.5 Å². The minimum Gasteiger partial charge on any atom is -0.465 e. The predicted octanol–water partition coefficient (Wildman–Crippen LogP) is 4.93. The number of non-ortho nitro benzene ring substituents is 1. The van der Waals surface area contributed by atoms with E-state index in [9.17, 15) is 19.7 Å². The molecule has 0 saturated heterocycles. The number of carbonyl (C=O) groups is 2. The number of methoxy groups -OCH3 is 1. The van der Waals surface area contributed by atoms with Gasteiger partial charge >= 0.3 is 11.9 Å². The van der Waals surface area contributed by atoms with Crippen molar-refractivity contribution in [3.63, 3.8) is 0 Å². The summed E-state index contributed by atoms with van der Waals surface area (Å²) in [6.45, 7) is 3.21. The number of hydrogen-bond donors (Lipinski definition) is 0. The van der Waals surface area contributed by atoms with Crippen LogP contribution in [0.2, 0.25) is 0 Å². The molecule has 3 aromatic rings. The van der Waals surface area contributed by atoms with Gasteiger partial charge in [0, 0.05) is 17.7 Å². The van der Waals surface area contributed by atoms with Gasteiger partial charge in [-0.05, 0) is 31.1 Å². The van der Waals surface area contributed by atoms with Crippen molar-refractivity contribution < 1.29 is 24.0 Å². The summed E-state index contributed by atoms with van der Waals surface area (Å²) in [6.07, 6.45) is 3.51. The van der Waals surface area contributed by atoms with E-state index in [0.717, 1.165) is 5.56 Å². The molecule has 0 aliphatic carbocycles. The third-order valence-corrected chi connectivity index (χ3v) is 4.92. The molecule has 0 amide bonds. The van der Waals surface area contributed by atoms with Crippen molar-refractivity contribution >= 4 is 23.7 Å². The molecule has 1 aromatic heterocycles. The summed E-state index contributed by atoms with van der Waals surface area (Å²) in [5.41, 5.74) is 2.04. The Morgan fingerprint density at radius 3 is 2.30 bits per heavy atom. The van der Waals surface area contributed by atoms with Crippen LogP contribution in [0.5, 0.6) is 0 Å². The lowest BCUT2D eigenvalue weighted by Crippen LogP contribution is -2.17. The number of nitro benzene ring substituents is 1. The van der Waals surface area contributed by atoms with Gasteiger partial charge in [0.2, 0.25) is 0 Å². The summed E-state index contributed by atoms with van der Waals surface area (Å²) >= 11 is 0. The molecule has 0 radical (unpaired) electrons. The van der Waals surface area contributed by atoms with Crippen molar-refractivity contribution in [1.82, 2.24) is 4.98 Å². The van der Waals surface area contributed by atoms with E-state index in [4.69, 9.17) is 9.47 Å². The van der Waals surface area contributed by atoms with E-state index in [0.29, 0.717) is 17.0 Å². The van der Waals surface area contributed by atoms with Crippen LogP contribution in [0.3, 0.4) is 0 Å². The predicted molar refractivity (Wildman–Crippen MR) is 123 cm³/mol. The van der Waals surface area contributed by atoms with Gasteiger partial charge in [0.05, 0.1) is 34.5 Å². The zero-order chi connectivity index (χ0) is 24.0. The van der Waals surface area contributed by atoms with E-state index < -0.39 is 16.9 Å². The fraction of sp³-hybridized carbons (Fsp3) is 0.160. The van der Waals surface area contributed by atoms with E-state index in [2.05, 4.69) is 4.98 Å². The SMILES string of the molecule is COC(=O)c1c(C)nc(C)c(C(=O)OC/C=C/c2ccccc2)c1-c1cccc([N+](=O)[O-])c1. The zero-order valence-electron chi connectivity index (χ0n) is 18.4. The largest absolute Gasteiger partial charge is 0.465 e. The highest BCUT2D eigenvalue weighted by molar-refractivity contribution is 6.07. The van der Waals surface area contributed by atoms with E-state index in [-0.39, 0.29) is 29.0 Å². The molecule has 8 heteroatoms. The molecule has 3 rings (SSSR count). The second-order valence-corrected chi connectivity index (χ2v) is 7.12. The Bertz CT molecular complexity index is 1240. The maximum Gasteiger partial charge on any atom is 0.340 e. The molecule has 0 aliphatic rings. The average Bonchev–Trinajstić information content (AvgIpc) is 2.81. The number of esters is 2. The summed E-state index contributed by atoms with van der Waals surface area (Å²) in [4.78, 5) is 40.8. The molecular weight excluding hydrogens is 424 g/mol. The van der Waals surface area contributed by atoms with Crippen LogP contribution in [0.4, 0.5) is 5.69 Å². The van der Waals surface area contributed by atoms with Crippen molar-refractivity contribution in [2.24, 2.45) is 0 Å². The number of aromatic nitrogens is 1. The van der Waals surface area contributed by atoms with E-state index in [1.165, 1.54) is 25.3 Å². The third kappa shape index (κ3) is 5.30. The van der Waals surface area contributed by atoms with Crippen molar-refractivity contribution in [2.45, 2.75) is 13.8 Å². The van der Waals surface area contributed by atoms with Crippen LogP contribution >= 0.6 is 0 Å². The van der Waals surface area contributed by atoms with Crippen LogP contribution < -0.4 is 0 Å². The normalized spacial score (nSPS) is 10.8. The van der Waals surface area contributed by atoms with E-state index in [1.54, 1.807) is 26.0 Å². The van der Waals surface area contributed by atoms with Crippen LogP contribution in [0.25, 0.3) is 17.2 Å². The van der Waals surface area contributed by atoms with Gasteiger partial charge in [-0.15, -0.1) is 0 Å². The van der Waals surface area contributed by atoms with Gasteiger partial charge in [0.1, 0.15) is 6.61 Å². The average molecular weight is 446 g/mol. The summed E-state index contributed by atoms with van der Waals surface area (Å²) in [6, 6.07) is 15.2. The van der Waals surface area contributed by atoms with Crippen molar-refractivity contribution in [2.75, 3.05) is 13.7 Å². The lowest BCUT2D eigenvalue weighted by Gasteiger charge is -2.17. The van der Waals surface area contributed by atoms with Gasteiger partial charge in [0.25, 0.3) is 5.69 Å². The number of pyridine rings is 1. The molecule has 0 N–H and O–H groups in total. The Balaban J connectivity index is 2.05. The lowest BCUT2D eigenvalue weighted by atomic mass is 9.92. The van der Waals surface area contributed by atoms with Crippen LogP contribution in [0.15, 0.2) is 60.7 Å². The maximum atomic E-state index is 13.1. The topological polar surface area (TPSA) is 109 Å². The standard InChI is InChI=1S/C25H22N2O6/c1-16-21(24(28)32-3)23(19-12-7-13-20(15-19)27(30)31)22(17(2)26-16)25(29)33-14-8-11-18-9-5-4-6-10-18/h4-13,15H,14H2,1-3H3/b11-8+. The molecule has 0 bridgehead atoms. The van der Waals surface area contributed by atoms with Crippen LogP contribution in [-0.2, 0) is 9.47 Å². The number of hydrogen-bond acceptors (Lipinski definition) is 7. The van der Waals surface area contributed by atoms with Crippen molar-refractivity contribution in [3.8, 4) is 11.1 Å². The van der Waals surface area contributed by atoms with E-state index >= 15 is 0 Å². The quantitative estimate of drug-likeness (QED) is 0.288. The van der Waals surface area contributed by atoms with Crippen LogP contribution in [0.1, 0.15) is 37.7 Å². The Morgan fingerprint density at radius 1 is 1.00 bits per heavy atom. The Labute approximate surface area is 190 Å². The summed E-state index contributed by atoms with van der Waals surface area (Å²) in [5.74, 6) is -1.41. The lowest BCUT2D eigenvalue weighted by molar-refractivity contribution is -0.384. The smallest absolute Gasteiger partial charge is 0.340 e. The van der Waals surface area contributed by atoms with Crippen LogP contribution in [0, 0.1) is 24.0 Å². The molecule has 2 aromatic carbocycles. The Morgan fingerprint density at radius 2 is 1.67 bits per heavy atom. The number of ether oxygens (including phenoxy) is 2. The number of nitro groups is 1. The zero-order valence-corrected chi connectivity index (χ0v) is 18.4. The minimum atomic E-state index is -0.709. The van der Waals surface area contributed by atoms with Gasteiger partial charge in [-0.3, -0.25) is 15.1 Å². The number of aryl methyl sites for hydroxylation is 2. The molecule has 1 heterocycles. The first-order chi connectivity index (χ1) is 15.8. The second-order valence-electron chi connectivity index (χ2n) is 7.12. The monoisotopic (exact) mass is 446 g/mol. The molecule has 8 nitrogen and oxygen atoms in total. The highest BCUT2D eigenvalue weighted by Crippen LogP contribution is 2.34. The van der Waals surface area contributed by atoms with Gasteiger partial charge in [0.15, 0.2) is 0 Å². The van der Waals surface area contributed by atoms with Gasteiger partial charge < -0.3 is 9.47 Å². The summed E-state index contributed by atoms with van der Waals surface area (Å²) < 4.78 is 10.3. The first kappa shape index (κ1) is 23.3. The van der Waals surface area contributed by atoms with Crippen molar-refractivity contribution in [1.29, 1.82) is 0 Å². The number of nitrogens with zero attached hydrogens (tertiary/aromatic N) is 2. The molecule has 0 saturated carbocycles. The Hall–Kier alpha value is -4.33. The highest BCUT2D eigenvalue weighted by Gasteiger charge is 2.28. The molecule has 0 unspecified atom stereocenters. The Kier molecular flexibility index (Phi) is 7.30. The second kappa shape index (κ2) is 10.3. The molecule has 0 fully saturated rings. The molecule has 0 atom stereocenters. The summed E-state index contributed by atoms with van der Waals surface area (Å²) in [5, 5.41) is 11.3. The highest BCUT2D eigenvalue weighted by atomic mass is 16.6. The molecular formula is C25H22N2O6. The molecule has 0 aliphatic heterocycles.